The highest BCUT2D eigenvalue weighted by Crippen LogP contribution is 2.33. The van der Waals surface area contributed by atoms with Crippen LogP contribution in [0.1, 0.15) is 51.5 Å². The zero-order valence-electron chi connectivity index (χ0n) is 12.9. The lowest BCUT2D eigenvalue weighted by atomic mass is 9.76. The van der Waals surface area contributed by atoms with Crippen LogP contribution >= 0.6 is 0 Å². The molecule has 1 saturated carbocycles. The van der Waals surface area contributed by atoms with Gasteiger partial charge in [0, 0.05) is 6.04 Å². The van der Waals surface area contributed by atoms with Gasteiger partial charge in [-0.1, -0.05) is 45.2 Å². The fourth-order valence-corrected chi connectivity index (χ4v) is 3.60. The first-order valence-corrected chi connectivity index (χ1v) is 8.24. The first kappa shape index (κ1) is 15.4. The van der Waals surface area contributed by atoms with Crippen LogP contribution in [0.4, 0.5) is 0 Å². The van der Waals surface area contributed by atoms with E-state index in [2.05, 4.69) is 25.2 Å². The van der Waals surface area contributed by atoms with Gasteiger partial charge in [0.1, 0.15) is 5.75 Å². The van der Waals surface area contributed by atoms with Crippen molar-refractivity contribution in [2.24, 2.45) is 11.8 Å². The number of phenolic OH excluding ortho intramolecular Hbond substituents is 1. The van der Waals surface area contributed by atoms with Gasteiger partial charge in [-0.25, -0.2) is 0 Å². The molecule has 1 aromatic rings. The Labute approximate surface area is 123 Å². The average molecular weight is 275 g/mol. The summed E-state index contributed by atoms with van der Waals surface area (Å²) in [5, 5.41) is 13.3. The van der Waals surface area contributed by atoms with Crippen LogP contribution in [0.5, 0.6) is 5.75 Å². The molecule has 1 aliphatic rings. The van der Waals surface area contributed by atoms with Crippen molar-refractivity contribution in [2.75, 3.05) is 6.54 Å². The van der Waals surface area contributed by atoms with Crippen molar-refractivity contribution < 1.29 is 5.11 Å². The predicted molar refractivity (Wildman–Crippen MR) is 85.0 cm³/mol. The van der Waals surface area contributed by atoms with Crippen LogP contribution in [0.25, 0.3) is 0 Å². The Balaban J connectivity index is 1.96. The third-order valence-corrected chi connectivity index (χ3v) is 4.87. The van der Waals surface area contributed by atoms with Crippen molar-refractivity contribution in [3.8, 4) is 5.75 Å². The van der Waals surface area contributed by atoms with Gasteiger partial charge in [-0.2, -0.15) is 0 Å². The van der Waals surface area contributed by atoms with E-state index in [0.717, 1.165) is 24.8 Å². The van der Waals surface area contributed by atoms with E-state index in [1.165, 1.54) is 37.7 Å². The smallest absolute Gasteiger partial charge is 0.115 e. The molecule has 0 aliphatic heterocycles. The molecule has 0 heterocycles. The van der Waals surface area contributed by atoms with Gasteiger partial charge in [0.15, 0.2) is 0 Å². The molecule has 112 valence electrons. The average Bonchev–Trinajstić information content (AvgIpc) is 2.47. The summed E-state index contributed by atoms with van der Waals surface area (Å²) >= 11 is 0. The van der Waals surface area contributed by atoms with Crippen LogP contribution in [0.3, 0.4) is 0 Å². The van der Waals surface area contributed by atoms with Gasteiger partial charge < -0.3 is 10.4 Å². The molecule has 1 atom stereocenters. The maximum atomic E-state index is 9.61. The number of benzene rings is 1. The van der Waals surface area contributed by atoms with Gasteiger partial charge in [0.2, 0.25) is 0 Å². The molecule has 1 aromatic carbocycles. The summed E-state index contributed by atoms with van der Waals surface area (Å²) in [5.74, 6) is 2.13. The van der Waals surface area contributed by atoms with Gasteiger partial charge in [-0.3, -0.25) is 0 Å². The molecule has 2 heteroatoms. The molecule has 0 radical (unpaired) electrons. The Morgan fingerprint density at radius 2 is 1.95 bits per heavy atom. The molecular weight excluding hydrogens is 246 g/mol. The molecule has 1 fully saturated rings. The minimum atomic E-state index is 0.382. The Hall–Kier alpha value is -1.02. The molecular formula is C18H29NO. The zero-order valence-corrected chi connectivity index (χ0v) is 12.9. The van der Waals surface area contributed by atoms with E-state index in [9.17, 15) is 5.11 Å². The maximum absolute atomic E-state index is 9.61. The topological polar surface area (TPSA) is 32.3 Å². The Morgan fingerprint density at radius 1 is 1.20 bits per heavy atom. The number of hydrogen-bond donors (Lipinski definition) is 2. The largest absolute Gasteiger partial charge is 0.508 e. The lowest BCUT2D eigenvalue weighted by Gasteiger charge is -2.34. The Bertz CT molecular complexity index is 396. The van der Waals surface area contributed by atoms with Crippen LogP contribution in [-0.2, 0) is 6.42 Å². The second-order valence-corrected chi connectivity index (χ2v) is 6.23. The van der Waals surface area contributed by atoms with Gasteiger partial charge in [-0.15, -0.1) is 0 Å². The molecule has 0 spiro atoms. The standard InChI is InChI=1S/C18H29NO/c1-3-14-8-10-16(11-9-14)18(19-4-2)13-15-6-5-7-17(20)12-15/h5-7,12,14,16,18-20H,3-4,8-11,13H2,1-2H3. The van der Waals surface area contributed by atoms with Crippen molar-refractivity contribution in [1.82, 2.24) is 5.32 Å². The third-order valence-electron chi connectivity index (χ3n) is 4.87. The van der Waals surface area contributed by atoms with E-state index in [4.69, 9.17) is 0 Å². The number of aromatic hydroxyl groups is 1. The number of rotatable bonds is 6. The van der Waals surface area contributed by atoms with Gasteiger partial charge >= 0.3 is 0 Å². The third kappa shape index (κ3) is 4.24. The summed E-state index contributed by atoms with van der Waals surface area (Å²) in [6, 6.07) is 8.28. The second kappa shape index (κ2) is 7.68. The van der Waals surface area contributed by atoms with Crippen LogP contribution in [0.2, 0.25) is 0 Å². The van der Waals surface area contributed by atoms with Gasteiger partial charge in [0.05, 0.1) is 0 Å². The normalized spacial score (nSPS) is 24.5. The summed E-state index contributed by atoms with van der Waals surface area (Å²) in [5.41, 5.74) is 1.24. The van der Waals surface area contributed by atoms with Crippen LogP contribution in [-0.4, -0.2) is 17.7 Å². The minimum Gasteiger partial charge on any atom is -0.508 e. The lowest BCUT2D eigenvalue weighted by molar-refractivity contribution is 0.218. The van der Waals surface area contributed by atoms with E-state index in [0.29, 0.717) is 11.8 Å². The fraction of sp³-hybridized carbons (Fsp3) is 0.667. The monoisotopic (exact) mass is 275 g/mol. The summed E-state index contributed by atoms with van der Waals surface area (Å²) in [4.78, 5) is 0. The molecule has 0 amide bonds. The molecule has 0 bridgehead atoms. The van der Waals surface area contributed by atoms with Crippen LogP contribution in [0, 0.1) is 11.8 Å². The van der Waals surface area contributed by atoms with Gasteiger partial charge in [0.25, 0.3) is 0 Å². The van der Waals surface area contributed by atoms with E-state index in [1.807, 2.05) is 12.1 Å². The van der Waals surface area contributed by atoms with Gasteiger partial charge in [-0.05, 0) is 55.3 Å². The molecule has 2 rings (SSSR count). The molecule has 2 nitrogen and oxygen atoms in total. The number of likely N-dealkylation sites (N-methyl/N-ethyl adjacent to an activating group) is 1. The van der Waals surface area contributed by atoms with Crippen molar-refractivity contribution in [3.05, 3.63) is 29.8 Å². The number of nitrogens with one attached hydrogen (secondary N) is 1. The van der Waals surface area contributed by atoms with E-state index in [1.54, 1.807) is 6.07 Å². The van der Waals surface area contributed by atoms with Crippen molar-refractivity contribution in [3.63, 3.8) is 0 Å². The number of hydrogen-bond acceptors (Lipinski definition) is 2. The predicted octanol–water partition coefficient (Wildman–Crippen LogP) is 4.13. The van der Waals surface area contributed by atoms with Crippen molar-refractivity contribution in [1.29, 1.82) is 0 Å². The zero-order chi connectivity index (χ0) is 14.4. The summed E-state index contributed by atoms with van der Waals surface area (Å²) in [6.45, 7) is 5.53. The SMILES string of the molecule is CCNC(Cc1cccc(O)c1)C1CCC(CC)CC1. The summed E-state index contributed by atoms with van der Waals surface area (Å²) in [6.07, 6.45) is 7.87. The highest BCUT2D eigenvalue weighted by Gasteiger charge is 2.26. The van der Waals surface area contributed by atoms with Crippen LogP contribution in [0.15, 0.2) is 24.3 Å². The Kier molecular flexibility index (Phi) is 5.90. The second-order valence-electron chi connectivity index (χ2n) is 6.23. The fourth-order valence-electron chi connectivity index (χ4n) is 3.60. The van der Waals surface area contributed by atoms with Crippen molar-refractivity contribution in [2.45, 2.75) is 58.4 Å². The highest BCUT2D eigenvalue weighted by molar-refractivity contribution is 5.27. The molecule has 0 aromatic heterocycles. The minimum absolute atomic E-state index is 0.382. The molecule has 2 N–H and O–H groups in total. The molecule has 1 unspecified atom stereocenters. The molecule has 0 saturated heterocycles. The van der Waals surface area contributed by atoms with Crippen molar-refractivity contribution >= 4 is 0 Å². The lowest BCUT2D eigenvalue weighted by Crippen LogP contribution is -2.39. The summed E-state index contributed by atoms with van der Waals surface area (Å²) < 4.78 is 0. The van der Waals surface area contributed by atoms with E-state index >= 15 is 0 Å². The van der Waals surface area contributed by atoms with E-state index < -0.39 is 0 Å². The first-order chi connectivity index (χ1) is 9.72. The number of phenols is 1. The van der Waals surface area contributed by atoms with E-state index in [-0.39, 0.29) is 0 Å². The highest BCUT2D eigenvalue weighted by atomic mass is 16.3. The maximum Gasteiger partial charge on any atom is 0.115 e. The Morgan fingerprint density at radius 3 is 2.55 bits per heavy atom. The quantitative estimate of drug-likeness (QED) is 0.818. The first-order valence-electron chi connectivity index (χ1n) is 8.24. The summed E-state index contributed by atoms with van der Waals surface area (Å²) in [7, 11) is 0. The molecule has 20 heavy (non-hydrogen) atoms. The molecule has 1 aliphatic carbocycles. The van der Waals surface area contributed by atoms with Crippen LogP contribution < -0.4 is 5.32 Å².